The summed E-state index contributed by atoms with van der Waals surface area (Å²) in [6.45, 7) is 1.58. The lowest BCUT2D eigenvalue weighted by molar-refractivity contribution is -0.138. The van der Waals surface area contributed by atoms with Gasteiger partial charge in [0.15, 0.2) is 0 Å². The number of aliphatic carboxylic acids is 1. The van der Waals surface area contributed by atoms with E-state index in [1.807, 2.05) is 0 Å². The summed E-state index contributed by atoms with van der Waals surface area (Å²) in [5, 5.41) is 8.52. The zero-order chi connectivity index (χ0) is 10.9. The summed E-state index contributed by atoms with van der Waals surface area (Å²) in [7, 11) is 0. The minimum absolute atomic E-state index is 0.0648. The molecule has 0 radical (unpaired) electrons. The van der Waals surface area contributed by atoms with Gasteiger partial charge in [0, 0.05) is 5.56 Å². The molecule has 0 amide bonds. The van der Waals surface area contributed by atoms with Gasteiger partial charge in [0.05, 0.1) is 5.02 Å². The van der Waals surface area contributed by atoms with E-state index < -0.39 is 17.8 Å². The van der Waals surface area contributed by atoms with Gasteiger partial charge >= 0.3 is 5.97 Å². The van der Waals surface area contributed by atoms with E-state index in [1.54, 1.807) is 6.92 Å². The maximum Gasteiger partial charge on any atom is 0.325 e. The highest BCUT2D eigenvalue weighted by Gasteiger charge is 2.22. The molecule has 0 aromatic heterocycles. The highest BCUT2D eigenvalue weighted by Crippen LogP contribution is 2.25. The molecule has 0 heterocycles. The highest BCUT2D eigenvalue weighted by molar-refractivity contribution is 6.30. The van der Waals surface area contributed by atoms with Crippen LogP contribution in [0, 0.1) is 12.7 Å². The topological polar surface area (TPSA) is 63.3 Å². The summed E-state index contributed by atoms with van der Waals surface area (Å²) in [5.41, 5.74) is 5.72. The van der Waals surface area contributed by atoms with Gasteiger partial charge in [-0.05, 0) is 18.6 Å². The van der Waals surface area contributed by atoms with Crippen molar-refractivity contribution >= 4 is 17.6 Å². The number of carboxylic acid groups (broad SMARTS) is 1. The second-order valence-electron chi connectivity index (χ2n) is 2.91. The largest absolute Gasteiger partial charge is 0.480 e. The Hall–Kier alpha value is -1.13. The van der Waals surface area contributed by atoms with Gasteiger partial charge in [-0.15, -0.1) is 0 Å². The molecule has 0 saturated heterocycles. The number of benzene rings is 1. The summed E-state index contributed by atoms with van der Waals surface area (Å²) in [4.78, 5) is 10.6. The lowest BCUT2D eigenvalue weighted by Crippen LogP contribution is -2.23. The summed E-state index contributed by atoms with van der Waals surface area (Å²) in [5.74, 6) is -2.05. The van der Waals surface area contributed by atoms with Gasteiger partial charge in [-0.3, -0.25) is 4.79 Å². The first-order valence-corrected chi connectivity index (χ1v) is 4.26. The Morgan fingerprint density at radius 2 is 2.21 bits per heavy atom. The van der Waals surface area contributed by atoms with Gasteiger partial charge in [-0.25, -0.2) is 4.39 Å². The third-order valence-electron chi connectivity index (χ3n) is 1.93. The number of hydrogen-bond donors (Lipinski definition) is 2. The van der Waals surface area contributed by atoms with Gasteiger partial charge in [0.25, 0.3) is 0 Å². The Morgan fingerprint density at radius 3 is 2.71 bits per heavy atom. The van der Waals surface area contributed by atoms with Crippen LogP contribution in [-0.2, 0) is 4.79 Å². The van der Waals surface area contributed by atoms with Crippen LogP contribution in [0.1, 0.15) is 17.2 Å². The molecule has 1 atom stereocenters. The smallest absolute Gasteiger partial charge is 0.325 e. The second-order valence-corrected chi connectivity index (χ2v) is 3.32. The highest BCUT2D eigenvalue weighted by atomic mass is 35.5. The van der Waals surface area contributed by atoms with Gasteiger partial charge in [0.2, 0.25) is 0 Å². The van der Waals surface area contributed by atoms with Gasteiger partial charge in [-0.1, -0.05) is 17.7 Å². The Labute approximate surface area is 85.3 Å². The zero-order valence-electron chi connectivity index (χ0n) is 7.42. The zero-order valence-corrected chi connectivity index (χ0v) is 8.18. The molecular formula is C9H9ClFNO2. The minimum atomic E-state index is -1.38. The summed E-state index contributed by atoms with van der Waals surface area (Å²) in [6, 6.07) is 1.52. The molecule has 1 rings (SSSR count). The maximum atomic E-state index is 13.4. The number of halogens is 2. The van der Waals surface area contributed by atoms with E-state index in [-0.39, 0.29) is 10.6 Å². The summed E-state index contributed by atoms with van der Waals surface area (Å²) < 4.78 is 13.4. The summed E-state index contributed by atoms with van der Waals surface area (Å²) >= 11 is 5.51. The van der Waals surface area contributed by atoms with E-state index >= 15 is 0 Å². The maximum absolute atomic E-state index is 13.4. The summed E-state index contributed by atoms with van der Waals surface area (Å²) in [6.07, 6.45) is 0. The Kier molecular flexibility index (Phi) is 3.08. The van der Waals surface area contributed by atoms with Crippen LogP contribution in [0.25, 0.3) is 0 Å². The molecule has 0 aliphatic carbocycles. The molecule has 0 fully saturated rings. The lowest BCUT2D eigenvalue weighted by atomic mass is 10.0. The van der Waals surface area contributed by atoms with Crippen LogP contribution in [0.2, 0.25) is 5.02 Å². The third-order valence-corrected chi connectivity index (χ3v) is 2.22. The van der Waals surface area contributed by atoms with Crippen molar-refractivity contribution in [3.8, 4) is 0 Å². The van der Waals surface area contributed by atoms with Gasteiger partial charge in [-0.2, -0.15) is 0 Å². The van der Waals surface area contributed by atoms with Crippen LogP contribution in [0.5, 0.6) is 0 Å². The van der Waals surface area contributed by atoms with E-state index in [0.717, 1.165) is 0 Å². The first-order chi connectivity index (χ1) is 6.45. The van der Waals surface area contributed by atoms with Crippen LogP contribution in [-0.4, -0.2) is 11.1 Å². The van der Waals surface area contributed by atoms with E-state index in [1.165, 1.54) is 12.1 Å². The van der Waals surface area contributed by atoms with Crippen molar-refractivity contribution in [2.45, 2.75) is 13.0 Å². The molecule has 1 aromatic rings. The first-order valence-electron chi connectivity index (χ1n) is 3.88. The fourth-order valence-electron chi connectivity index (χ4n) is 1.17. The van der Waals surface area contributed by atoms with E-state index in [9.17, 15) is 9.18 Å². The fraction of sp³-hybridized carbons (Fsp3) is 0.222. The standard InChI is InChI=1S/C9H9ClFNO2/c1-4-2-3-5(10)7(11)6(4)8(12)9(13)14/h2-3,8H,12H2,1H3,(H,13,14). The SMILES string of the molecule is Cc1ccc(Cl)c(F)c1C(N)C(=O)O. The van der Waals surface area contributed by atoms with Crippen LogP contribution in [0.3, 0.4) is 0 Å². The molecule has 0 saturated carbocycles. The van der Waals surface area contributed by atoms with Crippen molar-refractivity contribution < 1.29 is 14.3 Å². The van der Waals surface area contributed by atoms with Crippen molar-refractivity contribution in [1.29, 1.82) is 0 Å². The van der Waals surface area contributed by atoms with Crippen molar-refractivity contribution in [2.75, 3.05) is 0 Å². The molecule has 0 bridgehead atoms. The molecule has 76 valence electrons. The van der Waals surface area contributed by atoms with Gasteiger partial charge in [0.1, 0.15) is 11.9 Å². The predicted molar refractivity (Wildman–Crippen MR) is 50.7 cm³/mol. The third kappa shape index (κ3) is 1.86. The number of carbonyl (C=O) groups is 1. The average Bonchev–Trinajstić information content (AvgIpc) is 2.12. The first kappa shape index (κ1) is 10.9. The average molecular weight is 218 g/mol. The molecule has 0 spiro atoms. The Morgan fingerprint density at radius 1 is 1.64 bits per heavy atom. The molecule has 0 aliphatic heterocycles. The second kappa shape index (κ2) is 3.94. The Bertz CT molecular complexity index is 381. The normalized spacial score (nSPS) is 12.6. The monoisotopic (exact) mass is 217 g/mol. The van der Waals surface area contributed by atoms with Crippen molar-refractivity contribution in [3.05, 3.63) is 34.1 Å². The number of aryl methyl sites for hydroxylation is 1. The minimum Gasteiger partial charge on any atom is -0.480 e. The number of rotatable bonds is 2. The molecule has 1 unspecified atom stereocenters. The van der Waals surface area contributed by atoms with Crippen molar-refractivity contribution in [1.82, 2.24) is 0 Å². The van der Waals surface area contributed by atoms with Crippen molar-refractivity contribution in [3.63, 3.8) is 0 Å². The predicted octanol–water partition coefficient (Wildman–Crippen LogP) is 1.87. The fourth-order valence-corrected chi connectivity index (χ4v) is 1.33. The molecule has 3 nitrogen and oxygen atoms in total. The number of hydrogen-bond acceptors (Lipinski definition) is 2. The van der Waals surface area contributed by atoms with E-state index in [4.69, 9.17) is 22.4 Å². The molecule has 0 aliphatic rings. The van der Waals surface area contributed by atoms with Crippen LogP contribution in [0.4, 0.5) is 4.39 Å². The van der Waals surface area contributed by atoms with Crippen molar-refractivity contribution in [2.24, 2.45) is 5.73 Å². The molecular weight excluding hydrogens is 209 g/mol. The molecule has 5 heteroatoms. The van der Waals surface area contributed by atoms with Crippen LogP contribution >= 0.6 is 11.6 Å². The molecule has 14 heavy (non-hydrogen) atoms. The lowest BCUT2D eigenvalue weighted by Gasteiger charge is -2.12. The van der Waals surface area contributed by atoms with E-state index in [2.05, 4.69) is 0 Å². The Balaban J connectivity index is 3.32. The van der Waals surface area contributed by atoms with Gasteiger partial charge < -0.3 is 10.8 Å². The van der Waals surface area contributed by atoms with E-state index in [0.29, 0.717) is 5.56 Å². The number of nitrogens with two attached hydrogens (primary N) is 1. The molecule has 3 N–H and O–H groups in total. The molecule has 1 aromatic carbocycles. The number of carboxylic acids is 1. The van der Waals surface area contributed by atoms with Crippen LogP contribution < -0.4 is 5.73 Å². The van der Waals surface area contributed by atoms with Crippen LogP contribution in [0.15, 0.2) is 12.1 Å². The quantitative estimate of drug-likeness (QED) is 0.795.